The van der Waals surface area contributed by atoms with Crippen LogP contribution in [0.1, 0.15) is 19.4 Å². The lowest BCUT2D eigenvalue weighted by Crippen LogP contribution is -2.34. The molecule has 0 atom stereocenters. The van der Waals surface area contributed by atoms with Crippen LogP contribution < -0.4 is 10.6 Å². The van der Waals surface area contributed by atoms with Gasteiger partial charge in [0.25, 0.3) is 0 Å². The fourth-order valence-corrected chi connectivity index (χ4v) is 1.48. The quantitative estimate of drug-likeness (QED) is 0.785. The molecule has 18 heavy (non-hydrogen) atoms. The van der Waals surface area contributed by atoms with Gasteiger partial charge in [-0.25, -0.2) is 4.79 Å². The van der Waals surface area contributed by atoms with Gasteiger partial charge < -0.3 is 15.4 Å². The van der Waals surface area contributed by atoms with Crippen LogP contribution in [-0.4, -0.2) is 25.2 Å². The largest absolute Gasteiger partial charge is 0.465 e. The van der Waals surface area contributed by atoms with E-state index in [9.17, 15) is 9.59 Å². The minimum absolute atomic E-state index is 0.131. The third kappa shape index (κ3) is 4.45. The number of aryl methyl sites for hydroxylation is 1. The van der Waals surface area contributed by atoms with E-state index in [1.807, 2.05) is 31.2 Å². The second-order valence-corrected chi connectivity index (χ2v) is 3.62. The van der Waals surface area contributed by atoms with Crippen molar-refractivity contribution < 1.29 is 14.3 Å². The van der Waals surface area contributed by atoms with Crippen molar-refractivity contribution in [3.63, 3.8) is 0 Å². The lowest BCUT2D eigenvalue weighted by atomic mass is 10.1. The van der Waals surface area contributed by atoms with Gasteiger partial charge in [0.15, 0.2) is 0 Å². The van der Waals surface area contributed by atoms with Crippen LogP contribution >= 0.6 is 0 Å². The van der Waals surface area contributed by atoms with Crippen LogP contribution in [0.3, 0.4) is 0 Å². The fraction of sp³-hybridized carbons (Fsp3) is 0.385. The van der Waals surface area contributed by atoms with Crippen molar-refractivity contribution >= 4 is 17.7 Å². The van der Waals surface area contributed by atoms with E-state index in [0.29, 0.717) is 6.61 Å². The van der Waals surface area contributed by atoms with E-state index >= 15 is 0 Å². The third-order valence-electron chi connectivity index (χ3n) is 2.35. The number of esters is 1. The van der Waals surface area contributed by atoms with Gasteiger partial charge in [-0.1, -0.05) is 25.1 Å². The average molecular weight is 250 g/mol. The summed E-state index contributed by atoms with van der Waals surface area (Å²) in [6.07, 6.45) is 0.828. The van der Waals surface area contributed by atoms with Crippen molar-refractivity contribution in [3.05, 3.63) is 29.8 Å². The van der Waals surface area contributed by atoms with Gasteiger partial charge in [-0.15, -0.1) is 0 Å². The molecule has 0 aromatic heterocycles. The zero-order chi connectivity index (χ0) is 13.4. The molecule has 0 aliphatic rings. The van der Waals surface area contributed by atoms with Crippen LogP contribution in [0.4, 0.5) is 10.5 Å². The third-order valence-corrected chi connectivity index (χ3v) is 2.35. The van der Waals surface area contributed by atoms with Gasteiger partial charge in [0.2, 0.25) is 0 Å². The van der Waals surface area contributed by atoms with Gasteiger partial charge >= 0.3 is 12.0 Å². The molecule has 5 nitrogen and oxygen atoms in total. The molecule has 0 aliphatic carbocycles. The first-order valence-electron chi connectivity index (χ1n) is 5.95. The van der Waals surface area contributed by atoms with E-state index in [2.05, 4.69) is 10.6 Å². The molecule has 2 amide bonds. The molecule has 0 fully saturated rings. The summed E-state index contributed by atoms with van der Waals surface area (Å²) in [4.78, 5) is 22.6. The van der Waals surface area contributed by atoms with Crippen LogP contribution in [0.15, 0.2) is 24.3 Å². The first-order valence-corrected chi connectivity index (χ1v) is 5.95. The highest BCUT2D eigenvalue weighted by Gasteiger charge is 2.07. The standard InChI is InChI=1S/C13H18N2O3/c1-3-10-7-5-6-8-11(10)15-13(17)14-9-12(16)18-4-2/h5-8H,3-4,9H2,1-2H3,(H2,14,15,17). The van der Waals surface area contributed by atoms with E-state index < -0.39 is 12.0 Å². The molecule has 98 valence electrons. The lowest BCUT2D eigenvalue weighted by Gasteiger charge is -2.10. The number of urea groups is 1. The molecule has 1 rings (SSSR count). The molecule has 0 heterocycles. The van der Waals surface area contributed by atoms with Crippen LogP contribution in [-0.2, 0) is 16.0 Å². The molecule has 5 heteroatoms. The number of nitrogens with one attached hydrogen (secondary N) is 2. The van der Waals surface area contributed by atoms with E-state index in [1.54, 1.807) is 6.92 Å². The van der Waals surface area contributed by atoms with Gasteiger partial charge in [-0.3, -0.25) is 4.79 Å². The van der Waals surface area contributed by atoms with Crippen LogP contribution in [0, 0.1) is 0 Å². The maximum absolute atomic E-state index is 11.6. The summed E-state index contributed by atoms with van der Waals surface area (Å²) in [6, 6.07) is 7.12. The number of anilines is 1. The number of hydrogen-bond donors (Lipinski definition) is 2. The number of ether oxygens (including phenoxy) is 1. The Balaban J connectivity index is 2.47. The minimum atomic E-state index is -0.448. The smallest absolute Gasteiger partial charge is 0.325 e. The fourth-order valence-electron chi connectivity index (χ4n) is 1.48. The SMILES string of the molecule is CCOC(=O)CNC(=O)Nc1ccccc1CC. The zero-order valence-corrected chi connectivity index (χ0v) is 10.7. The summed E-state index contributed by atoms with van der Waals surface area (Å²) in [7, 11) is 0. The molecule has 0 radical (unpaired) electrons. The van der Waals surface area contributed by atoms with Gasteiger partial charge in [-0.2, -0.15) is 0 Å². The molecule has 0 spiro atoms. The Morgan fingerprint density at radius 1 is 1.22 bits per heavy atom. The van der Waals surface area contributed by atoms with Crippen molar-refractivity contribution in [2.24, 2.45) is 0 Å². The molecule has 0 bridgehead atoms. The van der Waals surface area contributed by atoms with Gasteiger partial charge in [0.05, 0.1) is 6.61 Å². The summed E-state index contributed by atoms with van der Waals surface area (Å²) in [5.41, 5.74) is 1.80. The molecule has 0 unspecified atom stereocenters. The van der Waals surface area contributed by atoms with E-state index in [4.69, 9.17) is 4.74 Å². The average Bonchev–Trinajstić information content (AvgIpc) is 2.37. The second kappa shape index (κ2) is 7.32. The maximum atomic E-state index is 11.6. The highest BCUT2D eigenvalue weighted by Crippen LogP contribution is 2.14. The van der Waals surface area contributed by atoms with E-state index in [-0.39, 0.29) is 6.54 Å². The second-order valence-electron chi connectivity index (χ2n) is 3.62. The molecular formula is C13H18N2O3. The van der Waals surface area contributed by atoms with Crippen LogP contribution in [0.2, 0.25) is 0 Å². The Hall–Kier alpha value is -2.04. The molecule has 0 saturated carbocycles. The Labute approximate surface area is 107 Å². The molecule has 0 aliphatic heterocycles. The number of para-hydroxylation sites is 1. The topological polar surface area (TPSA) is 67.4 Å². The Morgan fingerprint density at radius 2 is 1.94 bits per heavy atom. The number of amides is 2. The molecule has 0 saturated heterocycles. The summed E-state index contributed by atoms with van der Waals surface area (Å²) >= 11 is 0. The van der Waals surface area contributed by atoms with Crippen LogP contribution in [0.5, 0.6) is 0 Å². The molecule has 1 aromatic carbocycles. The van der Waals surface area contributed by atoms with E-state index in [1.165, 1.54) is 0 Å². The number of carbonyl (C=O) groups is 2. The predicted molar refractivity (Wildman–Crippen MR) is 69.5 cm³/mol. The highest BCUT2D eigenvalue weighted by molar-refractivity contribution is 5.92. The lowest BCUT2D eigenvalue weighted by molar-refractivity contribution is -0.141. The van der Waals surface area contributed by atoms with Gasteiger partial charge in [0.1, 0.15) is 6.54 Å². The predicted octanol–water partition coefficient (Wildman–Crippen LogP) is 1.93. The molecule has 2 N–H and O–H groups in total. The summed E-state index contributed by atoms with van der Waals surface area (Å²) in [5, 5.41) is 5.14. The molecule has 1 aromatic rings. The minimum Gasteiger partial charge on any atom is -0.465 e. The Kier molecular flexibility index (Phi) is 5.70. The van der Waals surface area contributed by atoms with E-state index in [0.717, 1.165) is 17.7 Å². The monoisotopic (exact) mass is 250 g/mol. The number of carbonyl (C=O) groups excluding carboxylic acids is 2. The van der Waals surface area contributed by atoms with Crippen molar-refractivity contribution in [3.8, 4) is 0 Å². The highest BCUT2D eigenvalue weighted by atomic mass is 16.5. The normalized spacial score (nSPS) is 9.67. The molecular weight excluding hydrogens is 232 g/mol. The van der Waals surface area contributed by atoms with Crippen LogP contribution in [0.25, 0.3) is 0 Å². The summed E-state index contributed by atoms with van der Waals surface area (Å²) < 4.78 is 4.71. The number of benzene rings is 1. The maximum Gasteiger partial charge on any atom is 0.325 e. The van der Waals surface area contributed by atoms with Crippen molar-refractivity contribution in [1.29, 1.82) is 0 Å². The zero-order valence-electron chi connectivity index (χ0n) is 10.7. The Morgan fingerprint density at radius 3 is 2.61 bits per heavy atom. The Bertz CT molecular complexity index is 418. The van der Waals surface area contributed by atoms with Gasteiger partial charge in [0, 0.05) is 5.69 Å². The van der Waals surface area contributed by atoms with Crippen molar-refractivity contribution in [2.75, 3.05) is 18.5 Å². The summed E-state index contributed by atoms with van der Waals surface area (Å²) in [5.74, 6) is -0.448. The summed E-state index contributed by atoms with van der Waals surface area (Å²) in [6.45, 7) is 3.90. The van der Waals surface area contributed by atoms with Gasteiger partial charge in [-0.05, 0) is 25.0 Å². The van der Waals surface area contributed by atoms with Crippen molar-refractivity contribution in [2.45, 2.75) is 20.3 Å². The first-order chi connectivity index (χ1) is 8.67. The number of rotatable bonds is 5. The number of hydrogen-bond acceptors (Lipinski definition) is 3. The van der Waals surface area contributed by atoms with Crippen molar-refractivity contribution in [1.82, 2.24) is 5.32 Å². The first kappa shape index (κ1) is 14.0.